The summed E-state index contributed by atoms with van der Waals surface area (Å²) in [5.74, 6) is -0.389. The molecule has 0 bridgehead atoms. The number of halogens is 1. The molecule has 3 atom stereocenters. The highest BCUT2D eigenvalue weighted by Crippen LogP contribution is 2.37. The van der Waals surface area contributed by atoms with Gasteiger partial charge in [-0.15, -0.1) is 0 Å². The topological polar surface area (TPSA) is 55.8 Å². The van der Waals surface area contributed by atoms with E-state index in [0.717, 1.165) is 0 Å². The highest BCUT2D eigenvalue weighted by Gasteiger charge is 2.50. The molecular formula is C26H39BrO4Si2. The van der Waals surface area contributed by atoms with Gasteiger partial charge in [0.1, 0.15) is 12.2 Å². The Morgan fingerprint density at radius 1 is 0.970 bits per heavy atom. The lowest BCUT2D eigenvalue weighted by Crippen LogP contribution is -2.66. The van der Waals surface area contributed by atoms with Crippen LogP contribution in [0.1, 0.15) is 34.1 Å². The predicted octanol–water partition coefficient (Wildman–Crippen LogP) is 4.89. The maximum atomic E-state index is 11.8. The maximum absolute atomic E-state index is 11.8. The fourth-order valence-electron chi connectivity index (χ4n) is 4.30. The highest BCUT2D eigenvalue weighted by molar-refractivity contribution is 9.10. The Kier molecular flexibility index (Phi) is 9.71. The lowest BCUT2D eigenvalue weighted by molar-refractivity contribution is -0.152. The minimum Gasteiger partial charge on any atom is -0.460 e. The molecule has 0 heterocycles. The molecule has 0 aliphatic carbocycles. The zero-order chi connectivity index (χ0) is 24.9. The van der Waals surface area contributed by atoms with E-state index in [1.165, 1.54) is 17.3 Å². The van der Waals surface area contributed by atoms with Crippen LogP contribution in [-0.2, 0) is 14.0 Å². The number of hydrogen-bond acceptors (Lipinski definition) is 4. The number of alkyl halides is 1. The first-order valence-electron chi connectivity index (χ1n) is 11.5. The summed E-state index contributed by atoms with van der Waals surface area (Å²) < 4.78 is 12.4. The van der Waals surface area contributed by atoms with Crippen molar-refractivity contribution in [2.75, 3.05) is 6.61 Å². The molecule has 0 fully saturated rings. The van der Waals surface area contributed by atoms with Crippen LogP contribution < -0.4 is 10.4 Å². The SMILES string of the molecule is CC(=O)O[C@@H](CCO[Si](c1ccccc1)(c1ccccc1)C(C)(C)C)[C@@H](O)[C@@H](Br)[Si](C)(C)C. The summed E-state index contributed by atoms with van der Waals surface area (Å²) in [6, 6.07) is 20.9. The number of carbonyl (C=O) groups excluding carboxylic acids is 1. The normalized spacial score (nSPS) is 15.5. The second kappa shape index (κ2) is 11.4. The van der Waals surface area contributed by atoms with Gasteiger partial charge in [0.25, 0.3) is 8.32 Å². The minimum absolute atomic E-state index is 0.0952. The minimum atomic E-state index is -2.68. The van der Waals surface area contributed by atoms with Gasteiger partial charge in [-0.1, -0.05) is 117 Å². The van der Waals surface area contributed by atoms with Crippen molar-refractivity contribution in [3.05, 3.63) is 60.7 Å². The number of hydrogen-bond donors (Lipinski definition) is 1. The quantitative estimate of drug-likeness (QED) is 0.260. The Labute approximate surface area is 210 Å². The van der Waals surface area contributed by atoms with Crippen LogP contribution in [0, 0.1) is 0 Å². The fraction of sp³-hybridized carbons (Fsp3) is 0.500. The molecule has 182 valence electrons. The number of aliphatic hydroxyl groups excluding tert-OH is 1. The molecule has 0 radical (unpaired) electrons. The van der Waals surface area contributed by atoms with Gasteiger partial charge < -0.3 is 14.3 Å². The molecule has 2 aromatic carbocycles. The second-order valence-corrected chi connectivity index (χ2v) is 22.2. The molecule has 0 amide bonds. The van der Waals surface area contributed by atoms with Crippen molar-refractivity contribution in [1.82, 2.24) is 0 Å². The van der Waals surface area contributed by atoms with Crippen LogP contribution in [-0.4, -0.2) is 50.7 Å². The average molecular weight is 552 g/mol. The van der Waals surface area contributed by atoms with Crippen molar-refractivity contribution in [3.8, 4) is 0 Å². The standard InChI is InChI=1S/C26H39BrO4Si2/c1-20(28)31-23(24(29)25(27)32(5,6)7)18-19-30-33(26(2,3)4,21-14-10-8-11-15-21)22-16-12-9-13-17-22/h8-17,23-25,29H,18-19H2,1-7H3/t23-,24+,25-/m0/s1. The van der Waals surface area contributed by atoms with Crippen LogP contribution in [0.25, 0.3) is 0 Å². The van der Waals surface area contributed by atoms with Gasteiger partial charge in [0.15, 0.2) is 0 Å². The summed E-state index contributed by atoms with van der Waals surface area (Å²) in [6.07, 6.45) is -0.988. The van der Waals surface area contributed by atoms with E-state index in [1.807, 2.05) is 12.1 Å². The van der Waals surface area contributed by atoms with Crippen LogP contribution in [0.5, 0.6) is 0 Å². The first kappa shape index (κ1) is 28.0. The van der Waals surface area contributed by atoms with Crippen LogP contribution >= 0.6 is 15.9 Å². The van der Waals surface area contributed by atoms with E-state index >= 15 is 0 Å². The van der Waals surface area contributed by atoms with Crippen molar-refractivity contribution in [2.24, 2.45) is 0 Å². The Balaban J connectivity index is 2.40. The molecule has 0 unspecified atom stereocenters. The maximum Gasteiger partial charge on any atom is 0.302 e. The van der Waals surface area contributed by atoms with Gasteiger partial charge in [-0.05, 0) is 15.4 Å². The Bertz CT molecular complexity index is 839. The van der Waals surface area contributed by atoms with Crippen LogP contribution in [0.4, 0.5) is 0 Å². The molecule has 0 saturated carbocycles. The molecule has 0 spiro atoms. The Hall–Kier alpha value is -1.26. The molecule has 2 rings (SSSR count). The molecule has 7 heteroatoms. The third-order valence-electron chi connectivity index (χ3n) is 5.96. The van der Waals surface area contributed by atoms with Crippen molar-refractivity contribution in [1.29, 1.82) is 0 Å². The molecule has 0 aromatic heterocycles. The van der Waals surface area contributed by atoms with Gasteiger partial charge in [-0.3, -0.25) is 4.79 Å². The Morgan fingerprint density at radius 2 is 1.42 bits per heavy atom. The largest absolute Gasteiger partial charge is 0.460 e. The van der Waals surface area contributed by atoms with E-state index in [2.05, 4.69) is 105 Å². The van der Waals surface area contributed by atoms with Crippen LogP contribution in [0.2, 0.25) is 24.7 Å². The summed E-state index contributed by atoms with van der Waals surface area (Å²) >= 11 is 3.68. The number of rotatable bonds is 10. The van der Waals surface area contributed by atoms with Crippen molar-refractivity contribution in [2.45, 2.75) is 75.5 Å². The number of carbonyl (C=O) groups is 1. The number of esters is 1. The average Bonchev–Trinajstić information content (AvgIpc) is 2.74. The highest BCUT2D eigenvalue weighted by atomic mass is 79.9. The summed E-state index contributed by atoms with van der Waals surface area (Å²) in [7, 11) is -4.39. The number of ether oxygens (including phenoxy) is 1. The van der Waals surface area contributed by atoms with E-state index < -0.39 is 28.6 Å². The van der Waals surface area contributed by atoms with E-state index in [4.69, 9.17) is 9.16 Å². The van der Waals surface area contributed by atoms with Gasteiger partial charge in [0, 0.05) is 24.4 Å². The lowest BCUT2D eigenvalue weighted by Gasteiger charge is -2.43. The first-order chi connectivity index (χ1) is 15.3. The smallest absolute Gasteiger partial charge is 0.302 e. The molecule has 1 N–H and O–H groups in total. The summed E-state index contributed by atoms with van der Waals surface area (Å²) in [6.45, 7) is 15.0. The van der Waals surface area contributed by atoms with E-state index in [9.17, 15) is 9.90 Å². The van der Waals surface area contributed by atoms with E-state index in [1.54, 1.807) is 0 Å². The third-order valence-corrected chi connectivity index (χ3v) is 17.7. The first-order valence-corrected chi connectivity index (χ1v) is 17.9. The molecular weight excluding hydrogens is 512 g/mol. The fourth-order valence-corrected chi connectivity index (χ4v) is 10.5. The van der Waals surface area contributed by atoms with Gasteiger partial charge >= 0.3 is 5.97 Å². The summed E-state index contributed by atoms with van der Waals surface area (Å²) in [4.78, 5) is 11.8. The molecule has 0 saturated heterocycles. The summed E-state index contributed by atoms with van der Waals surface area (Å²) in [5, 5.41) is 13.3. The van der Waals surface area contributed by atoms with Crippen LogP contribution in [0.15, 0.2) is 60.7 Å². The molecule has 33 heavy (non-hydrogen) atoms. The van der Waals surface area contributed by atoms with E-state index in [0.29, 0.717) is 13.0 Å². The Morgan fingerprint density at radius 3 is 1.79 bits per heavy atom. The molecule has 0 aliphatic heterocycles. The third kappa shape index (κ3) is 6.88. The van der Waals surface area contributed by atoms with Crippen molar-refractivity contribution in [3.63, 3.8) is 0 Å². The number of benzene rings is 2. The molecule has 0 aliphatic rings. The van der Waals surface area contributed by atoms with Gasteiger partial charge in [0.2, 0.25) is 0 Å². The second-order valence-electron chi connectivity index (χ2n) is 10.7. The molecule has 2 aromatic rings. The van der Waals surface area contributed by atoms with Crippen LogP contribution in [0.3, 0.4) is 0 Å². The zero-order valence-electron chi connectivity index (χ0n) is 21.0. The number of aliphatic hydroxyl groups is 1. The predicted molar refractivity (Wildman–Crippen MR) is 146 cm³/mol. The van der Waals surface area contributed by atoms with Gasteiger partial charge in [-0.25, -0.2) is 0 Å². The summed E-state index contributed by atoms with van der Waals surface area (Å²) in [5.41, 5.74) is 0. The van der Waals surface area contributed by atoms with E-state index in [-0.39, 0.29) is 15.5 Å². The zero-order valence-corrected chi connectivity index (χ0v) is 24.6. The lowest BCUT2D eigenvalue weighted by atomic mass is 10.1. The molecule has 4 nitrogen and oxygen atoms in total. The van der Waals surface area contributed by atoms with Crippen molar-refractivity contribution >= 4 is 48.7 Å². The van der Waals surface area contributed by atoms with Crippen molar-refractivity contribution < 1.29 is 19.1 Å². The monoisotopic (exact) mass is 550 g/mol. The van der Waals surface area contributed by atoms with Gasteiger partial charge in [0.05, 0.1) is 8.07 Å². The van der Waals surface area contributed by atoms with Gasteiger partial charge in [-0.2, -0.15) is 0 Å².